The van der Waals surface area contributed by atoms with E-state index in [9.17, 15) is 0 Å². The van der Waals surface area contributed by atoms with Crippen LogP contribution in [0.25, 0.3) is 0 Å². The summed E-state index contributed by atoms with van der Waals surface area (Å²) in [6.07, 6.45) is 10.2. The van der Waals surface area contributed by atoms with Gasteiger partial charge in [0, 0.05) is 17.8 Å². The molecule has 2 heterocycles. The Morgan fingerprint density at radius 1 is 1.14 bits per heavy atom. The molecule has 116 valence electrons. The van der Waals surface area contributed by atoms with Crippen molar-refractivity contribution in [2.45, 2.75) is 58.8 Å². The van der Waals surface area contributed by atoms with Crippen LogP contribution in [0.4, 0.5) is 0 Å². The lowest BCUT2D eigenvalue weighted by molar-refractivity contribution is -0.165. The molecule has 0 aromatic rings. The van der Waals surface area contributed by atoms with Crippen molar-refractivity contribution < 1.29 is 9.47 Å². The fraction of sp³-hybridized carbons (Fsp3) is 0.684. The number of allylic oxidation sites excluding steroid dienone is 3. The van der Waals surface area contributed by atoms with Gasteiger partial charge in [-0.1, -0.05) is 35.5 Å². The SMILES string of the molecule is C/C=C/C1OC2(C)C3COC(/C=C/C)C2C1C(=C(C)C)C3. The molecule has 1 aliphatic carbocycles. The van der Waals surface area contributed by atoms with Crippen LogP contribution in [0, 0.1) is 17.8 Å². The summed E-state index contributed by atoms with van der Waals surface area (Å²) in [5, 5.41) is 0. The lowest BCUT2D eigenvalue weighted by Gasteiger charge is -2.51. The molecule has 3 rings (SSSR count). The Balaban J connectivity index is 2.10. The second-order valence-electron chi connectivity index (χ2n) is 7.09. The minimum atomic E-state index is -0.0454. The van der Waals surface area contributed by atoms with E-state index in [1.165, 1.54) is 5.57 Å². The fourth-order valence-electron chi connectivity index (χ4n) is 4.73. The predicted octanol–water partition coefficient (Wildman–Crippen LogP) is 4.28. The molecule has 2 saturated heterocycles. The fourth-order valence-corrected chi connectivity index (χ4v) is 4.73. The average molecular weight is 288 g/mol. The van der Waals surface area contributed by atoms with Crippen molar-refractivity contribution >= 4 is 0 Å². The molecule has 0 spiro atoms. The normalized spacial score (nSPS) is 45.8. The van der Waals surface area contributed by atoms with E-state index in [0.717, 1.165) is 13.0 Å². The number of ether oxygens (including phenoxy) is 2. The predicted molar refractivity (Wildman–Crippen MR) is 86.1 cm³/mol. The first-order valence-electron chi connectivity index (χ1n) is 8.24. The zero-order valence-corrected chi connectivity index (χ0v) is 13.9. The molecular weight excluding hydrogens is 260 g/mol. The van der Waals surface area contributed by atoms with Gasteiger partial charge in [0.1, 0.15) is 0 Å². The molecule has 0 radical (unpaired) electrons. The monoisotopic (exact) mass is 288 g/mol. The molecule has 0 aromatic heterocycles. The van der Waals surface area contributed by atoms with Crippen LogP contribution >= 0.6 is 0 Å². The first kappa shape index (κ1) is 15.1. The Morgan fingerprint density at radius 2 is 1.81 bits per heavy atom. The highest BCUT2D eigenvalue weighted by Crippen LogP contribution is 2.59. The summed E-state index contributed by atoms with van der Waals surface area (Å²) in [6, 6.07) is 0. The third kappa shape index (κ3) is 2.15. The van der Waals surface area contributed by atoms with Crippen molar-refractivity contribution in [3.63, 3.8) is 0 Å². The standard InChI is InChI=1S/C19H28O2/c1-6-8-15-17-14(12(3)4)10-13-11-20-16(9-7-2)18(17)19(13,5)21-15/h6-9,13,15-18H,10-11H2,1-5H3/b8-6+,9-7+. The van der Waals surface area contributed by atoms with Gasteiger partial charge in [0.2, 0.25) is 0 Å². The molecule has 6 unspecified atom stereocenters. The van der Waals surface area contributed by atoms with Gasteiger partial charge in [0.05, 0.1) is 24.4 Å². The minimum Gasteiger partial charge on any atom is -0.373 e. The van der Waals surface area contributed by atoms with Crippen LogP contribution in [0.2, 0.25) is 0 Å². The summed E-state index contributed by atoms with van der Waals surface area (Å²) < 4.78 is 12.8. The van der Waals surface area contributed by atoms with Gasteiger partial charge in [-0.15, -0.1) is 0 Å². The van der Waals surface area contributed by atoms with E-state index < -0.39 is 0 Å². The summed E-state index contributed by atoms with van der Waals surface area (Å²) >= 11 is 0. The van der Waals surface area contributed by atoms with Crippen molar-refractivity contribution in [2.75, 3.05) is 6.61 Å². The van der Waals surface area contributed by atoms with E-state index in [1.54, 1.807) is 5.57 Å². The van der Waals surface area contributed by atoms with Gasteiger partial charge in [0.25, 0.3) is 0 Å². The first-order valence-corrected chi connectivity index (χ1v) is 8.24. The van der Waals surface area contributed by atoms with Crippen LogP contribution in [-0.2, 0) is 9.47 Å². The van der Waals surface area contributed by atoms with Crippen molar-refractivity contribution in [1.29, 1.82) is 0 Å². The van der Waals surface area contributed by atoms with Crippen LogP contribution in [0.1, 0.15) is 41.0 Å². The van der Waals surface area contributed by atoms with E-state index in [-0.39, 0.29) is 17.8 Å². The summed E-state index contributed by atoms with van der Waals surface area (Å²) in [5.41, 5.74) is 3.04. The Kier molecular flexibility index (Phi) is 3.87. The first-order chi connectivity index (χ1) is 10.0. The van der Waals surface area contributed by atoms with Crippen LogP contribution in [-0.4, -0.2) is 24.4 Å². The quantitative estimate of drug-likeness (QED) is 0.706. The van der Waals surface area contributed by atoms with Crippen LogP contribution < -0.4 is 0 Å². The molecule has 4 bridgehead atoms. The third-order valence-electron chi connectivity index (χ3n) is 5.72. The summed E-state index contributed by atoms with van der Waals surface area (Å²) in [7, 11) is 0. The molecule has 2 aliphatic heterocycles. The van der Waals surface area contributed by atoms with Gasteiger partial charge in [-0.2, -0.15) is 0 Å². The van der Waals surface area contributed by atoms with Gasteiger partial charge in [-0.3, -0.25) is 0 Å². The second-order valence-corrected chi connectivity index (χ2v) is 7.09. The van der Waals surface area contributed by atoms with E-state index in [1.807, 2.05) is 0 Å². The average Bonchev–Trinajstić information content (AvgIpc) is 2.63. The number of hydrogen-bond donors (Lipinski definition) is 0. The van der Waals surface area contributed by atoms with Crippen LogP contribution in [0.5, 0.6) is 0 Å². The molecule has 0 amide bonds. The number of hydrogen-bond acceptors (Lipinski definition) is 2. The second kappa shape index (κ2) is 5.40. The third-order valence-corrected chi connectivity index (χ3v) is 5.72. The van der Waals surface area contributed by atoms with Gasteiger partial charge in [0.15, 0.2) is 0 Å². The maximum Gasteiger partial charge on any atom is 0.0833 e. The molecule has 0 aromatic carbocycles. The van der Waals surface area contributed by atoms with Gasteiger partial charge in [-0.25, -0.2) is 0 Å². The van der Waals surface area contributed by atoms with Crippen LogP contribution in [0.15, 0.2) is 35.5 Å². The smallest absolute Gasteiger partial charge is 0.0833 e. The minimum absolute atomic E-state index is 0.0454. The highest BCUT2D eigenvalue weighted by atomic mass is 16.5. The lowest BCUT2D eigenvalue weighted by Crippen LogP contribution is -2.56. The molecule has 6 atom stereocenters. The van der Waals surface area contributed by atoms with Crippen molar-refractivity contribution in [3.8, 4) is 0 Å². The van der Waals surface area contributed by atoms with Crippen molar-refractivity contribution in [2.24, 2.45) is 17.8 Å². The highest BCUT2D eigenvalue weighted by Gasteiger charge is 2.63. The van der Waals surface area contributed by atoms with E-state index >= 15 is 0 Å². The summed E-state index contributed by atoms with van der Waals surface area (Å²) in [5.74, 6) is 1.39. The van der Waals surface area contributed by atoms with Crippen LogP contribution in [0.3, 0.4) is 0 Å². The van der Waals surface area contributed by atoms with E-state index in [2.05, 4.69) is 58.9 Å². The molecule has 3 fully saturated rings. The topological polar surface area (TPSA) is 18.5 Å². The Morgan fingerprint density at radius 3 is 2.43 bits per heavy atom. The Labute approximate surface area is 128 Å². The van der Waals surface area contributed by atoms with Crippen molar-refractivity contribution in [1.82, 2.24) is 0 Å². The molecule has 2 nitrogen and oxygen atoms in total. The molecular formula is C19H28O2. The van der Waals surface area contributed by atoms with E-state index in [4.69, 9.17) is 9.47 Å². The Hall–Kier alpha value is -0.860. The zero-order chi connectivity index (χ0) is 15.2. The Bertz CT molecular complexity index is 498. The van der Waals surface area contributed by atoms with Crippen molar-refractivity contribution in [3.05, 3.63) is 35.5 Å². The molecule has 0 N–H and O–H groups in total. The zero-order valence-electron chi connectivity index (χ0n) is 13.9. The lowest BCUT2D eigenvalue weighted by atomic mass is 9.59. The molecule has 2 heteroatoms. The van der Waals surface area contributed by atoms with Gasteiger partial charge < -0.3 is 9.47 Å². The number of rotatable bonds is 2. The molecule has 1 saturated carbocycles. The largest absolute Gasteiger partial charge is 0.373 e. The van der Waals surface area contributed by atoms with Gasteiger partial charge in [-0.05, 0) is 41.0 Å². The molecule has 3 aliphatic rings. The van der Waals surface area contributed by atoms with E-state index in [0.29, 0.717) is 17.8 Å². The maximum atomic E-state index is 6.60. The highest BCUT2D eigenvalue weighted by molar-refractivity contribution is 5.31. The van der Waals surface area contributed by atoms with Gasteiger partial charge >= 0.3 is 0 Å². The summed E-state index contributed by atoms with van der Waals surface area (Å²) in [4.78, 5) is 0. The summed E-state index contributed by atoms with van der Waals surface area (Å²) in [6.45, 7) is 11.8. The molecule has 21 heavy (non-hydrogen) atoms. The maximum absolute atomic E-state index is 6.60.